The summed E-state index contributed by atoms with van der Waals surface area (Å²) >= 11 is 0. The maximum absolute atomic E-state index is 12.9. The number of ether oxygens (including phenoxy) is 11. The Labute approximate surface area is 425 Å². The third kappa shape index (κ3) is 9.18. The van der Waals surface area contributed by atoms with E-state index in [0.29, 0.717) is 37.2 Å². The highest BCUT2D eigenvalue weighted by Gasteiger charge is 2.76. The molecule has 6 saturated heterocycles. The number of fused-ring (bicyclic) bond motifs is 7. The minimum atomic E-state index is -1.85. The lowest BCUT2D eigenvalue weighted by Gasteiger charge is -2.60. The highest BCUT2D eigenvalue weighted by atomic mass is 16.8. The van der Waals surface area contributed by atoms with Crippen molar-refractivity contribution in [2.24, 2.45) is 40.4 Å². The average Bonchev–Trinajstić information content (AvgIpc) is 3.71. The molecule has 4 aliphatic carbocycles. The molecule has 7 unspecified atom stereocenters. The Balaban J connectivity index is 0.821. The van der Waals surface area contributed by atoms with E-state index in [-0.39, 0.29) is 28.8 Å². The second kappa shape index (κ2) is 20.6. The molecular weight excluding hydrogens is 965 g/mol. The fraction of sp³-hybridized carbons (Fsp3) is 0.941. The molecule has 0 aromatic heterocycles. The molecule has 10 N–H and O–H groups in total. The first-order valence-electron chi connectivity index (χ1n) is 26.7. The van der Waals surface area contributed by atoms with Gasteiger partial charge in [-0.2, -0.15) is 0 Å². The normalized spacial score (nSPS) is 56.0. The van der Waals surface area contributed by atoms with Crippen LogP contribution in [0.5, 0.6) is 0 Å². The predicted molar refractivity (Wildman–Crippen MR) is 246 cm³/mol. The summed E-state index contributed by atoms with van der Waals surface area (Å²) in [6, 6.07) is 0. The number of hydrogen-bond acceptors (Lipinski definition) is 22. The number of hydrogen-bond donors (Lipinski definition) is 10. The molecule has 3 saturated carbocycles. The molecule has 22 heteroatoms. The third-order valence-corrected chi connectivity index (χ3v) is 19.5. The van der Waals surface area contributed by atoms with E-state index in [1.807, 2.05) is 0 Å². The van der Waals surface area contributed by atoms with E-state index in [0.717, 1.165) is 51.9 Å². The van der Waals surface area contributed by atoms with Crippen molar-refractivity contribution in [1.29, 1.82) is 0 Å². The van der Waals surface area contributed by atoms with Crippen molar-refractivity contribution in [2.45, 2.75) is 234 Å². The second-order valence-corrected chi connectivity index (χ2v) is 23.7. The standard InChI is InChI=1S/C51H80O22/c1-21-9-14-50(65-18-21)23(3)51(62)33(73-50)16-29-27-8-7-25-15-26(10-12-48(25,5)28(27)11-13-49(29,51)6)68-47-43(37(59)42(67-24(4)53)32(17-52)69-47)72-45-38(60)40(30(54)19-64-45)70-44-39(61)41(31(55)20-63-44)71-46-36(58)35(57)34(56)22(2)66-46/h7,21-23,26-47,52,54-62H,8-20H2,1-6H3/t21-,22+,23-,26?,27?,28?,29?,30-,31+,32-,33?,34+,35-,36-,37+,38-,39+,40+,41-,42-,43-,44-,45-,46-,47+,48+,49+,50?,51?/m1/s1. The van der Waals surface area contributed by atoms with Crippen molar-refractivity contribution in [1.82, 2.24) is 0 Å². The fourth-order valence-corrected chi connectivity index (χ4v) is 15.2. The molecule has 0 aromatic rings. The highest BCUT2D eigenvalue weighted by Crippen LogP contribution is 2.72. The summed E-state index contributed by atoms with van der Waals surface area (Å²) in [6.45, 7) is 10.5. The van der Waals surface area contributed by atoms with Gasteiger partial charge in [0.2, 0.25) is 0 Å². The lowest BCUT2D eigenvalue weighted by Crippen LogP contribution is -2.65. The van der Waals surface area contributed by atoms with Crippen LogP contribution in [0.25, 0.3) is 0 Å². The zero-order chi connectivity index (χ0) is 52.3. The lowest BCUT2D eigenvalue weighted by atomic mass is 9.46. The van der Waals surface area contributed by atoms with Crippen LogP contribution in [0, 0.1) is 40.4 Å². The number of aliphatic hydroxyl groups is 10. The Hall–Kier alpha value is -1.59. The first kappa shape index (κ1) is 54.8. The van der Waals surface area contributed by atoms with Crippen LogP contribution >= 0.6 is 0 Å². The van der Waals surface area contributed by atoms with Crippen LogP contribution in [-0.4, -0.2) is 218 Å². The average molecular weight is 1050 g/mol. The van der Waals surface area contributed by atoms with Gasteiger partial charge in [0.25, 0.3) is 0 Å². The first-order valence-corrected chi connectivity index (χ1v) is 26.7. The number of allylic oxidation sites excluding steroid dienone is 1. The molecule has 9 fully saturated rings. The lowest BCUT2D eigenvalue weighted by molar-refractivity contribution is -0.379. The van der Waals surface area contributed by atoms with Crippen molar-refractivity contribution >= 4 is 5.97 Å². The summed E-state index contributed by atoms with van der Waals surface area (Å²) in [5.41, 5.74) is -0.231. The van der Waals surface area contributed by atoms with Gasteiger partial charge in [-0.3, -0.25) is 4.79 Å². The quantitative estimate of drug-likeness (QED) is 0.0927. The molecule has 0 aromatic carbocycles. The van der Waals surface area contributed by atoms with Gasteiger partial charge in [0.1, 0.15) is 78.8 Å². The summed E-state index contributed by atoms with van der Waals surface area (Å²) in [6.07, 6.45) is -19.1. The first-order chi connectivity index (χ1) is 34.5. The molecule has 0 bridgehead atoms. The van der Waals surface area contributed by atoms with Gasteiger partial charge < -0.3 is 103 Å². The van der Waals surface area contributed by atoms with E-state index in [2.05, 4.69) is 33.8 Å². The minimum absolute atomic E-state index is 0.150. The predicted octanol–water partition coefficient (Wildman–Crippen LogP) is -0.998. The number of carbonyl (C=O) groups is 1. The zero-order valence-corrected chi connectivity index (χ0v) is 42.6. The van der Waals surface area contributed by atoms with Gasteiger partial charge in [-0.05, 0) is 87.4 Å². The van der Waals surface area contributed by atoms with E-state index < -0.39 is 154 Å². The molecule has 29 atom stereocenters. The molecule has 416 valence electrons. The maximum atomic E-state index is 12.9. The van der Waals surface area contributed by atoms with E-state index in [1.165, 1.54) is 12.5 Å². The second-order valence-electron chi connectivity index (χ2n) is 23.7. The Kier molecular flexibility index (Phi) is 15.4. The van der Waals surface area contributed by atoms with Crippen molar-refractivity contribution < 1.29 is 108 Å². The Bertz CT molecular complexity index is 1990. The Morgan fingerprint density at radius 3 is 1.99 bits per heavy atom. The fourth-order valence-electron chi connectivity index (χ4n) is 15.2. The van der Waals surface area contributed by atoms with Crippen molar-refractivity contribution in [2.75, 3.05) is 26.4 Å². The molecule has 10 rings (SSSR count). The monoisotopic (exact) mass is 1040 g/mol. The van der Waals surface area contributed by atoms with Gasteiger partial charge in [0.15, 0.2) is 37.1 Å². The molecular formula is C51H80O22. The van der Waals surface area contributed by atoms with Gasteiger partial charge in [-0.1, -0.05) is 39.3 Å². The van der Waals surface area contributed by atoms with Crippen molar-refractivity contribution in [3.05, 3.63) is 11.6 Å². The summed E-state index contributed by atoms with van der Waals surface area (Å²) in [4.78, 5) is 12.3. The summed E-state index contributed by atoms with van der Waals surface area (Å²) in [5, 5.41) is 111. The van der Waals surface area contributed by atoms with Crippen LogP contribution in [0.2, 0.25) is 0 Å². The van der Waals surface area contributed by atoms with Crippen LogP contribution in [0.3, 0.4) is 0 Å². The van der Waals surface area contributed by atoms with Crippen LogP contribution in [0.4, 0.5) is 0 Å². The third-order valence-electron chi connectivity index (χ3n) is 19.5. The Morgan fingerprint density at radius 2 is 1.36 bits per heavy atom. The molecule has 6 heterocycles. The van der Waals surface area contributed by atoms with Gasteiger partial charge in [-0.25, -0.2) is 0 Å². The molecule has 0 radical (unpaired) electrons. The zero-order valence-electron chi connectivity index (χ0n) is 42.6. The van der Waals surface area contributed by atoms with E-state index in [4.69, 9.17) is 52.1 Å². The van der Waals surface area contributed by atoms with Gasteiger partial charge in [-0.15, -0.1) is 0 Å². The molecule has 1 spiro atoms. The summed E-state index contributed by atoms with van der Waals surface area (Å²) in [7, 11) is 0. The number of rotatable bonds is 10. The van der Waals surface area contributed by atoms with Gasteiger partial charge >= 0.3 is 5.97 Å². The molecule has 0 amide bonds. The van der Waals surface area contributed by atoms with Crippen molar-refractivity contribution in [3.8, 4) is 0 Å². The SMILES string of the molecule is CC(=O)O[C@H]1[C@H](O)[C@@H](O[C@H]2OC[C@@H](O)[C@H](O[C@H]3OC[C@H](O)[C@@H](O[C@H]4O[C@@H](C)[C@H](O)[C@@H](O)[C@H]4O)[C@@H]3O)[C@H]2O)[C@@H](OC2CC[C@@]3(C)C(=CCC4C3CC[C@@]3(C)C4CC4OC5(CC[C@@H](C)CO5)[C@@H](C)C43O)C2)O[C@@H]1CO. The van der Waals surface area contributed by atoms with E-state index in [1.54, 1.807) is 0 Å². The van der Waals surface area contributed by atoms with Crippen LogP contribution in [0.1, 0.15) is 99.3 Å². The van der Waals surface area contributed by atoms with Crippen LogP contribution in [-0.2, 0) is 56.9 Å². The molecule has 10 aliphatic rings. The largest absolute Gasteiger partial charge is 0.457 e. The molecule has 73 heavy (non-hydrogen) atoms. The van der Waals surface area contributed by atoms with Crippen LogP contribution < -0.4 is 0 Å². The van der Waals surface area contributed by atoms with E-state index >= 15 is 0 Å². The topological polar surface area (TPSA) is 321 Å². The molecule has 22 nitrogen and oxygen atoms in total. The van der Waals surface area contributed by atoms with Gasteiger partial charge in [0, 0.05) is 24.7 Å². The van der Waals surface area contributed by atoms with Gasteiger partial charge in [0.05, 0.1) is 44.7 Å². The highest BCUT2D eigenvalue weighted by molar-refractivity contribution is 5.66. The molecule has 6 aliphatic heterocycles. The van der Waals surface area contributed by atoms with Crippen molar-refractivity contribution in [3.63, 3.8) is 0 Å². The smallest absolute Gasteiger partial charge is 0.303 e. The number of aliphatic hydroxyl groups excluding tert-OH is 9. The Morgan fingerprint density at radius 1 is 0.699 bits per heavy atom. The van der Waals surface area contributed by atoms with Crippen LogP contribution in [0.15, 0.2) is 11.6 Å². The maximum Gasteiger partial charge on any atom is 0.303 e. The number of esters is 1. The van der Waals surface area contributed by atoms with E-state index in [9.17, 15) is 55.9 Å². The summed E-state index contributed by atoms with van der Waals surface area (Å²) in [5.74, 6) is -0.245. The number of carbonyl (C=O) groups excluding carboxylic acids is 1. The minimum Gasteiger partial charge on any atom is -0.457 e. The summed E-state index contributed by atoms with van der Waals surface area (Å²) < 4.78 is 66.4.